The largest absolute Gasteiger partial charge is 0.330 e. The van der Waals surface area contributed by atoms with Crippen molar-refractivity contribution in [2.75, 3.05) is 5.32 Å². The van der Waals surface area contributed by atoms with Crippen LogP contribution in [0.1, 0.15) is 10.7 Å². The van der Waals surface area contributed by atoms with E-state index in [9.17, 15) is 4.39 Å². The molecule has 0 aliphatic rings. The zero-order valence-corrected chi connectivity index (χ0v) is 13.5. The molecule has 0 amide bonds. The summed E-state index contributed by atoms with van der Waals surface area (Å²) in [7, 11) is 0. The molecule has 21 heavy (non-hydrogen) atoms. The summed E-state index contributed by atoms with van der Waals surface area (Å²) in [5, 5.41) is 15.0. The highest BCUT2D eigenvalue weighted by Gasteiger charge is 2.07. The van der Waals surface area contributed by atoms with Crippen LogP contribution in [-0.2, 0) is 5.75 Å². The monoisotopic (exact) mass is 338 g/mol. The van der Waals surface area contributed by atoms with Crippen LogP contribution in [0.3, 0.4) is 0 Å². The standard InChI is InChI=1S/C13H11FN4S3/c1-8-15-11(6-19-8)7-20-13-18-17-12(21-13)16-10-4-2-3-9(14)5-10/h2-6H,7H2,1H3,(H,16,17). The summed E-state index contributed by atoms with van der Waals surface area (Å²) in [6.45, 7) is 1.99. The molecule has 0 aliphatic carbocycles. The molecule has 0 radical (unpaired) electrons. The van der Waals surface area contributed by atoms with Crippen LogP contribution in [0.2, 0.25) is 0 Å². The fraction of sp³-hybridized carbons (Fsp3) is 0.154. The molecule has 3 aromatic rings. The average molecular weight is 338 g/mol. The lowest BCUT2D eigenvalue weighted by molar-refractivity contribution is 0.628. The molecule has 0 saturated heterocycles. The molecular weight excluding hydrogens is 327 g/mol. The smallest absolute Gasteiger partial charge is 0.210 e. The zero-order chi connectivity index (χ0) is 14.7. The van der Waals surface area contributed by atoms with E-state index in [1.165, 1.54) is 23.5 Å². The molecule has 108 valence electrons. The van der Waals surface area contributed by atoms with Gasteiger partial charge in [0, 0.05) is 16.8 Å². The number of rotatable bonds is 5. The summed E-state index contributed by atoms with van der Waals surface area (Å²) in [5.74, 6) is 0.497. The van der Waals surface area contributed by atoms with Gasteiger partial charge in [-0.05, 0) is 25.1 Å². The van der Waals surface area contributed by atoms with Gasteiger partial charge in [-0.3, -0.25) is 0 Å². The van der Waals surface area contributed by atoms with Crippen molar-refractivity contribution in [1.82, 2.24) is 15.2 Å². The second-order valence-corrected chi connectivity index (χ2v) is 7.42. The minimum atomic E-state index is -0.280. The van der Waals surface area contributed by atoms with Crippen molar-refractivity contribution in [2.24, 2.45) is 0 Å². The number of benzene rings is 1. The quantitative estimate of drug-likeness (QED) is 0.695. The van der Waals surface area contributed by atoms with Gasteiger partial charge in [0.25, 0.3) is 0 Å². The van der Waals surface area contributed by atoms with Gasteiger partial charge in [0.1, 0.15) is 5.82 Å². The highest BCUT2D eigenvalue weighted by atomic mass is 32.2. The number of anilines is 2. The number of hydrogen-bond donors (Lipinski definition) is 1. The highest BCUT2D eigenvalue weighted by Crippen LogP contribution is 2.30. The van der Waals surface area contributed by atoms with Crippen molar-refractivity contribution in [2.45, 2.75) is 17.0 Å². The van der Waals surface area contributed by atoms with Crippen LogP contribution >= 0.6 is 34.4 Å². The lowest BCUT2D eigenvalue weighted by Gasteiger charge is -2.00. The highest BCUT2D eigenvalue weighted by molar-refractivity contribution is 8.00. The van der Waals surface area contributed by atoms with E-state index in [4.69, 9.17) is 0 Å². The van der Waals surface area contributed by atoms with E-state index in [2.05, 4.69) is 25.9 Å². The van der Waals surface area contributed by atoms with Crippen LogP contribution in [0, 0.1) is 12.7 Å². The third kappa shape index (κ3) is 3.99. The first kappa shape index (κ1) is 14.4. The summed E-state index contributed by atoms with van der Waals surface area (Å²) >= 11 is 4.68. The maximum Gasteiger partial charge on any atom is 0.210 e. The SMILES string of the molecule is Cc1nc(CSc2nnc(Nc3cccc(F)c3)s2)cs1. The molecule has 3 rings (SSSR count). The fourth-order valence-electron chi connectivity index (χ4n) is 1.62. The van der Waals surface area contributed by atoms with Crippen molar-refractivity contribution in [3.05, 3.63) is 46.2 Å². The van der Waals surface area contributed by atoms with Gasteiger partial charge >= 0.3 is 0 Å². The van der Waals surface area contributed by atoms with Gasteiger partial charge in [-0.25, -0.2) is 9.37 Å². The number of halogens is 1. The summed E-state index contributed by atoms with van der Waals surface area (Å²) < 4.78 is 14.0. The number of thiazole rings is 1. The number of hydrogen-bond acceptors (Lipinski definition) is 7. The maximum absolute atomic E-state index is 13.1. The molecule has 8 heteroatoms. The van der Waals surface area contributed by atoms with Crippen LogP contribution in [0.25, 0.3) is 0 Å². The second kappa shape index (κ2) is 6.50. The Bertz CT molecular complexity index is 740. The van der Waals surface area contributed by atoms with Crippen LogP contribution < -0.4 is 5.32 Å². The van der Waals surface area contributed by atoms with Crippen LogP contribution in [-0.4, -0.2) is 15.2 Å². The Morgan fingerprint density at radius 3 is 3.00 bits per heavy atom. The van der Waals surface area contributed by atoms with Gasteiger partial charge in [0.15, 0.2) is 4.34 Å². The second-order valence-electron chi connectivity index (χ2n) is 4.16. The Morgan fingerprint density at radius 1 is 1.33 bits per heavy atom. The van der Waals surface area contributed by atoms with Gasteiger partial charge in [-0.1, -0.05) is 29.2 Å². The maximum atomic E-state index is 13.1. The Hall–Kier alpha value is -1.51. The van der Waals surface area contributed by atoms with E-state index in [-0.39, 0.29) is 5.82 Å². The fourth-order valence-corrected chi connectivity index (χ4v) is 4.00. The normalized spacial score (nSPS) is 10.8. The topological polar surface area (TPSA) is 50.7 Å². The molecule has 0 fully saturated rings. The van der Waals surface area contributed by atoms with Crippen molar-refractivity contribution in [3.63, 3.8) is 0 Å². The van der Waals surface area contributed by atoms with Crippen LogP contribution in [0.4, 0.5) is 15.2 Å². The van der Waals surface area contributed by atoms with Gasteiger partial charge < -0.3 is 5.32 Å². The Labute approximate surface area is 133 Å². The predicted molar refractivity (Wildman–Crippen MR) is 86.0 cm³/mol. The minimum Gasteiger partial charge on any atom is -0.330 e. The molecular formula is C13H11FN4S3. The van der Waals surface area contributed by atoms with Crippen molar-refractivity contribution in [3.8, 4) is 0 Å². The van der Waals surface area contributed by atoms with E-state index in [0.717, 1.165) is 20.8 Å². The molecule has 1 aromatic carbocycles. The molecule has 0 spiro atoms. The van der Waals surface area contributed by atoms with Crippen LogP contribution in [0.15, 0.2) is 34.0 Å². The van der Waals surface area contributed by atoms with Crippen molar-refractivity contribution >= 4 is 45.3 Å². The van der Waals surface area contributed by atoms with E-state index >= 15 is 0 Å². The van der Waals surface area contributed by atoms with Gasteiger partial charge in [-0.15, -0.1) is 21.5 Å². The minimum absolute atomic E-state index is 0.280. The van der Waals surface area contributed by atoms with Gasteiger partial charge in [0.05, 0.1) is 10.7 Å². The molecule has 0 aliphatic heterocycles. The van der Waals surface area contributed by atoms with Crippen molar-refractivity contribution in [1.29, 1.82) is 0 Å². The molecule has 2 aromatic heterocycles. The molecule has 0 unspecified atom stereocenters. The lowest BCUT2D eigenvalue weighted by Crippen LogP contribution is -1.89. The van der Waals surface area contributed by atoms with Gasteiger partial charge in [0.2, 0.25) is 5.13 Å². The van der Waals surface area contributed by atoms with Crippen LogP contribution in [0.5, 0.6) is 0 Å². The molecule has 0 saturated carbocycles. The number of aryl methyl sites for hydroxylation is 1. The van der Waals surface area contributed by atoms with E-state index in [1.54, 1.807) is 35.2 Å². The summed E-state index contributed by atoms with van der Waals surface area (Å²) in [6, 6.07) is 6.27. The Morgan fingerprint density at radius 2 is 2.24 bits per heavy atom. The molecule has 2 heterocycles. The third-order valence-electron chi connectivity index (χ3n) is 2.49. The first-order valence-corrected chi connectivity index (χ1v) is 8.77. The Balaban J connectivity index is 1.61. The first-order chi connectivity index (χ1) is 10.2. The first-order valence-electron chi connectivity index (χ1n) is 6.09. The number of nitrogens with one attached hydrogen (secondary N) is 1. The number of nitrogens with zero attached hydrogens (tertiary/aromatic N) is 3. The average Bonchev–Trinajstić information content (AvgIpc) is 3.06. The molecule has 4 nitrogen and oxygen atoms in total. The summed E-state index contributed by atoms with van der Waals surface area (Å²) in [5.41, 5.74) is 1.72. The molecule has 0 bridgehead atoms. The summed E-state index contributed by atoms with van der Waals surface area (Å²) in [4.78, 5) is 4.41. The third-order valence-corrected chi connectivity index (χ3v) is 5.32. The van der Waals surface area contributed by atoms with Gasteiger partial charge in [-0.2, -0.15) is 0 Å². The predicted octanol–water partition coefficient (Wildman–Crippen LogP) is 4.48. The zero-order valence-electron chi connectivity index (χ0n) is 11.0. The number of aromatic nitrogens is 3. The van der Waals surface area contributed by atoms with E-state index in [0.29, 0.717) is 10.8 Å². The molecule has 0 atom stereocenters. The van der Waals surface area contributed by atoms with E-state index < -0.39 is 0 Å². The van der Waals surface area contributed by atoms with Crippen molar-refractivity contribution < 1.29 is 4.39 Å². The summed E-state index contributed by atoms with van der Waals surface area (Å²) in [6.07, 6.45) is 0. The number of thioether (sulfide) groups is 1. The Kier molecular flexibility index (Phi) is 4.47. The lowest BCUT2D eigenvalue weighted by atomic mass is 10.3. The molecule has 1 N–H and O–H groups in total. The van der Waals surface area contributed by atoms with E-state index in [1.807, 2.05) is 6.92 Å².